The van der Waals surface area contributed by atoms with Gasteiger partial charge in [-0.1, -0.05) is 38.3 Å². The SMILES string of the molecule is COc1ccc(C)cc1/C=C/C(=O)NNC(=S)N[C@@H]1CCC[C@@H](C)[C@@H]1C. The van der Waals surface area contributed by atoms with Crippen molar-refractivity contribution in [2.45, 2.75) is 46.1 Å². The predicted molar refractivity (Wildman–Crippen MR) is 110 cm³/mol. The predicted octanol–water partition coefficient (Wildman–Crippen LogP) is 3.34. The molecule has 0 radical (unpaired) electrons. The second-order valence-corrected chi connectivity index (χ2v) is 7.45. The van der Waals surface area contributed by atoms with Gasteiger partial charge in [-0.05, 0) is 55.6 Å². The summed E-state index contributed by atoms with van der Waals surface area (Å²) in [7, 11) is 1.61. The number of ether oxygens (including phenoxy) is 1. The molecule has 0 bridgehead atoms. The minimum Gasteiger partial charge on any atom is -0.496 e. The molecule has 1 saturated carbocycles. The molecule has 3 atom stereocenters. The normalized spacial score (nSPS) is 22.7. The number of amides is 1. The number of nitrogens with one attached hydrogen (secondary N) is 3. The first kappa shape index (κ1) is 20.2. The molecule has 0 aliphatic heterocycles. The lowest BCUT2D eigenvalue weighted by molar-refractivity contribution is -0.116. The molecule has 6 heteroatoms. The highest BCUT2D eigenvalue weighted by atomic mass is 32.1. The van der Waals surface area contributed by atoms with Gasteiger partial charge in [-0.2, -0.15) is 0 Å². The summed E-state index contributed by atoms with van der Waals surface area (Å²) < 4.78 is 5.30. The van der Waals surface area contributed by atoms with Gasteiger partial charge in [-0.15, -0.1) is 0 Å². The van der Waals surface area contributed by atoms with Gasteiger partial charge in [0.1, 0.15) is 5.75 Å². The minimum atomic E-state index is -0.275. The highest BCUT2D eigenvalue weighted by molar-refractivity contribution is 7.80. The van der Waals surface area contributed by atoms with Crippen LogP contribution in [0.2, 0.25) is 0 Å². The van der Waals surface area contributed by atoms with E-state index >= 15 is 0 Å². The zero-order chi connectivity index (χ0) is 19.1. The van der Waals surface area contributed by atoms with Gasteiger partial charge in [0.15, 0.2) is 5.11 Å². The third-order valence-electron chi connectivity index (χ3n) is 5.12. The largest absolute Gasteiger partial charge is 0.496 e. The van der Waals surface area contributed by atoms with Gasteiger partial charge in [0.2, 0.25) is 0 Å². The van der Waals surface area contributed by atoms with E-state index in [0.717, 1.165) is 23.3 Å². The molecule has 3 N–H and O–H groups in total. The van der Waals surface area contributed by atoms with Crippen LogP contribution in [0, 0.1) is 18.8 Å². The summed E-state index contributed by atoms with van der Waals surface area (Å²) in [5.74, 6) is 1.70. The molecule has 0 heterocycles. The molecule has 142 valence electrons. The van der Waals surface area contributed by atoms with Gasteiger partial charge in [-0.3, -0.25) is 15.6 Å². The number of thiocarbonyl (C=S) groups is 1. The first-order valence-electron chi connectivity index (χ1n) is 9.10. The van der Waals surface area contributed by atoms with Crippen LogP contribution in [0.5, 0.6) is 5.75 Å². The summed E-state index contributed by atoms with van der Waals surface area (Å²) in [5, 5.41) is 3.77. The number of carbonyl (C=O) groups excluding carboxylic acids is 1. The zero-order valence-electron chi connectivity index (χ0n) is 16.0. The summed E-state index contributed by atoms with van der Waals surface area (Å²) >= 11 is 5.30. The fourth-order valence-corrected chi connectivity index (χ4v) is 3.50. The lowest BCUT2D eigenvalue weighted by atomic mass is 9.78. The van der Waals surface area contributed by atoms with Gasteiger partial charge in [0, 0.05) is 17.7 Å². The van der Waals surface area contributed by atoms with E-state index < -0.39 is 0 Å². The maximum atomic E-state index is 12.0. The molecule has 0 spiro atoms. The monoisotopic (exact) mass is 375 g/mol. The highest BCUT2D eigenvalue weighted by Crippen LogP contribution is 2.29. The minimum absolute atomic E-state index is 0.275. The van der Waals surface area contributed by atoms with Crippen molar-refractivity contribution in [3.63, 3.8) is 0 Å². The first-order valence-corrected chi connectivity index (χ1v) is 9.50. The Morgan fingerprint density at radius 1 is 1.27 bits per heavy atom. The van der Waals surface area contributed by atoms with E-state index in [9.17, 15) is 4.79 Å². The molecular formula is C20H29N3O2S. The zero-order valence-corrected chi connectivity index (χ0v) is 16.8. The van der Waals surface area contributed by atoms with Crippen molar-refractivity contribution in [1.29, 1.82) is 0 Å². The molecule has 2 rings (SSSR count). The molecule has 0 unspecified atom stereocenters. The Balaban J connectivity index is 1.83. The smallest absolute Gasteiger partial charge is 0.262 e. The standard InChI is InChI=1S/C20H29N3O2S/c1-13-8-10-18(25-4)16(12-13)9-11-19(24)22-23-20(26)21-17-7-5-6-14(2)15(17)3/h8-12,14-15,17H,5-7H2,1-4H3,(H,22,24)(H2,21,23,26)/b11-9+/t14-,15+,17-/m1/s1. The summed E-state index contributed by atoms with van der Waals surface area (Å²) in [6.07, 6.45) is 6.76. The first-order chi connectivity index (χ1) is 12.4. The summed E-state index contributed by atoms with van der Waals surface area (Å²) in [4.78, 5) is 12.0. The van der Waals surface area contributed by atoms with Crippen molar-refractivity contribution in [3.8, 4) is 5.75 Å². The Morgan fingerprint density at radius 2 is 2.04 bits per heavy atom. The van der Waals surface area contributed by atoms with E-state index in [1.54, 1.807) is 13.2 Å². The number of hydrogen-bond donors (Lipinski definition) is 3. The summed E-state index contributed by atoms with van der Waals surface area (Å²) in [5.41, 5.74) is 7.34. The molecule has 1 aliphatic rings. The maximum absolute atomic E-state index is 12.0. The maximum Gasteiger partial charge on any atom is 0.262 e. The van der Waals surface area contributed by atoms with Crippen LogP contribution in [0.15, 0.2) is 24.3 Å². The van der Waals surface area contributed by atoms with Crippen LogP contribution in [-0.2, 0) is 4.79 Å². The lowest BCUT2D eigenvalue weighted by Crippen LogP contribution is -2.52. The molecule has 1 fully saturated rings. The van der Waals surface area contributed by atoms with Crippen molar-refractivity contribution >= 4 is 29.3 Å². The van der Waals surface area contributed by atoms with E-state index in [-0.39, 0.29) is 5.91 Å². The Morgan fingerprint density at radius 3 is 2.77 bits per heavy atom. The van der Waals surface area contributed by atoms with Crippen molar-refractivity contribution < 1.29 is 9.53 Å². The van der Waals surface area contributed by atoms with E-state index in [4.69, 9.17) is 17.0 Å². The van der Waals surface area contributed by atoms with Gasteiger partial charge in [0.05, 0.1) is 7.11 Å². The van der Waals surface area contributed by atoms with E-state index in [2.05, 4.69) is 30.0 Å². The quantitative estimate of drug-likeness (QED) is 0.428. The summed E-state index contributed by atoms with van der Waals surface area (Å²) in [6.45, 7) is 6.53. The number of methoxy groups -OCH3 is 1. The Labute approximate surface area is 161 Å². The molecule has 1 aromatic carbocycles. The molecule has 1 amide bonds. The van der Waals surface area contributed by atoms with Crippen LogP contribution >= 0.6 is 12.2 Å². The van der Waals surface area contributed by atoms with Crippen LogP contribution in [0.1, 0.15) is 44.2 Å². The van der Waals surface area contributed by atoms with E-state index in [0.29, 0.717) is 23.0 Å². The van der Waals surface area contributed by atoms with Crippen LogP contribution in [0.25, 0.3) is 6.08 Å². The van der Waals surface area contributed by atoms with Crippen LogP contribution in [-0.4, -0.2) is 24.2 Å². The summed E-state index contributed by atoms with van der Waals surface area (Å²) in [6, 6.07) is 6.17. The van der Waals surface area contributed by atoms with E-state index in [1.165, 1.54) is 18.9 Å². The third kappa shape index (κ3) is 5.73. The number of hydrogen-bond acceptors (Lipinski definition) is 3. The van der Waals surface area contributed by atoms with Crippen LogP contribution in [0.4, 0.5) is 0 Å². The Hall–Kier alpha value is -2.08. The molecule has 5 nitrogen and oxygen atoms in total. The third-order valence-corrected chi connectivity index (χ3v) is 5.34. The molecular weight excluding hydrogens is 346 g/mol. The number of aryl methyl sites for hydroxylation is 1. The average Bonchev–Trinajstić information content (AvgIpc) is 2.62. The lowest BCUT2D eigenvalue weighted by Gasteiger charge is -2.35. The topological polar surface area (TPSA) is 62.4 Å². The average molecular weight is 376 g/mol. The number of rotatable bonds is 4. The molecule has 26 heavy (non-hydrogen) atoms. The van der Waals surface area contributed by atoms with Crippen molar-refractivity contribution in [1.82, 2.24) is 16.2 Å². The van der Waals surface area contributed by atoms with Crippen LogP contribution in [0.3, 0.4) is 0 Å². The van der Waals surface area contributed by atoms with Crippen molar-refractivity contribution in [3.05, 3.63) is 35.4 Å². The molecule has 1 aliphatic carbocycles. The molecule has 0 aromatic heterocycles. The van der Waals surface area contributed by atoms with Gasteiger partial charge >= 0.3 is 0 Å². The fourth-order valence-electron chi connectivity index (χ4n) is 3.30. The Bertz CT molecular complexity index is 675. The van der Waals surface area contributed by atoms with Gasteiger partial charge in [-0.25, -0.2) is 0 Å². The number of carbonyl (C=O) groups is 1. The number of benzene rings is 1. The van der Waals surface area contributed by atoms with Crippen molar-refractivity contribution in [2.24, 2.45) is 11.8 Å². The Kier molecular flexibility index (Phi) is 7.45. The molecule has 1 aromatic rings. The second kappa shape index (κ2) is 9.57. The fraction of sp³-hybridized carbons (Fsp3) is 0.500. The number of hydrazine groups is 1. The molecule has 0 saturated heterocycles. The van der Waals surface area contributed by atoms with Crippen molar-refractivity contribution in [2.75, 3.05) is 7.11 Å². The van der Waals surface area contributed by atoms with E-state index in [1.807, 2.05) is 25.1 Å². The second-order valence-electron chi connectivity index (χ2n) is 7.04. The van der Waals surface area contributed by atoms with Gasteiger partial charge in [0.25, 0.3) is 5.91 Å². The highest BCUT2D eigenvalue weighted by Gasteiger charge is 2.27. The van der Waals surface area contributed by atoms with Crippen LogP contribution < -0.4 is 20.9 Å². The van der Waals surface area contributed by atoms with Gasteiger partial charge < -0.3 is 10.1 Å².